The van der Waals surface area contributed by atoms with Crippen LogP contribution in [0.1, 0.15) is 50.9 Å². The van der Waals surface area contributed by atoms with E-state index < -0.39 is 40.8 Å². The van der Waals surface area contributed by atoms with E-state index in [9.17, 15) is 27.2 Å². The van der Waals surface area contributed by atoms with Gasteiger partial charge in [0.05, 0.1) is 11.3 Å². The van der Waals surface area contributed by atoms with Gasteiger partial charge in [0, 0.05) is 34.9 Å². The quantitative estimate of drug-likeness (QED) is 0.532. The number of hydrogen-bond donors (Lipinski definition) is 0. The van der Waals surface area contributed by atoms with Crippen LogP contribution in [0.2, 0.25) is 0 Å². The third-order valence-corrected chi connectivity index (χ3v) is 4.95. The lowest BCUT2D eigenvalue weighted by Crippen LogP contribution is -2.25. The molecule has 1 aliphatic carbocycles. The second-order valence-electron chi connectivity index (χ2n) is 6.59. The topological polar surface area (TPSA) is 47.0 Å². The van der Waals surface area contributed by atoms with Gasteiger partial charge in [0.15, 0.2) is 11.6 Å². The molecule has 1 aliphatic rings. The molecule has 0 bridgehead atoms. The first kappa shape index (κ1) is 20.3. The van der Waals surface area contributed by atoms with Crippen molar-refractivity contribution in [3.05, 3.63) is 75.1 Å². The molecule has 0 saturated carbocycles. The van der Waals surface area contributed by atoms with Gasteiger partial charge in [-0.2, -0.15) is 8.78 Å². The average molecular weight is 409 g/mol. The van der Waals surface area contributed by atoms with Crippen LogP contribution in [0.15, 0.2) is 35.5 Å². The Bertz CT molecular complexity index is 1040. The summed E-state index contributed by atoms with van der Waals surface area (Å²) >= 11 is 0. The van der Waals surface area contributed by atoms with E-state index in [1.165, 1.54) is 15.3 Å². The number of Topliss-reactive ketones (excluding diaryl/α,β-unsaturated/α-hetero) is 2. The molecule has 1 aromatic heterocycles. The molecule has 1 heterocycles. The smallest absolute Gasteiger partial charge is 0.285 e. The van der Waals surface area contributed by atoms with Gasteiger partial charge >= 0.3 is 0 Å². The van der Waals surface area contributed by atoms with Crippen molar-refractivity contribution in [3.63, 3.8) is 0 Å². The predicted molar refractivity (Wildman–Crippen MR) is 98.6 cm³/mol. The number of hydrogen-bond acceptors (Lipinski definition) is 3. The number of aromatic nitrogens is 1. The van der Waals surface area contributed by atoms with Gasteiger partial charge in [-0.05, 0) is 37.1 Å². The summed E-state index contributed by atoms with van der Waals surface area (Å²) in [5.74, 6) is -3.07. The Morgan fingerprint density at radius 1 is 1.04 bits per heavy atom. The molecule has 0 radical (unpaired) electrons. The average Bonchev–Trinajstić information content (AvgIpc) is 2.59. The van der Waals surface area contributed by atoms with Gasteiger partial charge in [-0.25, -0.2) is 8.78 Å². The number of halogens is 4. The minimum atomic E-state index is -3.35. The van der Waals surface area contributed by atoms with Gasteiger partial charge < -0.3 is 0 Å². The molecule has 0 fully saturated rings. The third-order valence-electron chi connectivity index (χ3n) is 4.62. The summed E-state index contributed by atoms with van der Waals surface area (Å²) in [5, 5.41) is 0. The van der Waals surface area contributed by atoms with Crippen molar-refractivity contribution in [2.75, 3.05) is 0 Å². The molecule has 1 unspecified atom stereocenters. The number of aryl methyl sites for hydroxylation is 1. The van der Waals surface area contributed by atoms with Crippen LogP contribution in [0, 0.1) is 18.6 Å². The summed E-state index contributed by atoms with van der Waals surface area (Å²) in [4.78, 5) is 29.4. The monoisotopic (exact) mass is 409 g/mol. The van der Waals surface area contributed by atoms with E-state index in [4.69, 9.17) is 0 Å². The first-order valence-electron chi connectivity index (χ1n) is 8.47. The second-order valence-corrected chi connectivity index (χ2v) is 7.32. The van der Waals surface area contributed by atoms with Crippen LogP contribution < -0.4 is 0 Å². The largest absolute Gasteiger partial charge is 0.289 e. The molecule has 3 rings (SSSR count). The number of pyridine rings is 1. The van der Waals surface area contributed by atoms with E-state index in [0.29, 0.717) is 11.6 Å². The molecular weight excluding hydrogens is 393 g/mol. The lowest BCUT2D eigenvalue weighted by atomic mass is 9.80. The van der Waals surface area contributed by atoms with Gasteiger partial charge in [0.25, 0.3) is 5.66 Å². The normalized spacial score (nSPS) is 14.5. The maximum atomic E-state index is 14.4. The molecule has 28 heavy (non-hydrogen) atoms. The molecular formula is C20H16F4NO2P. The Hall–Kier alpha value is -2.40. The number of ketones is 2. The van der Waals surface area contributed by atoms with Gasteiger partial charge in [-0.1, -0.05) is 16.2 Å². The molecule has 1 aromatic carbocycles. The maximum Gasteiger partial charge on any atom is 0.285 e. The molecule has 0 N–H and O–H groups in total. The van der Waals surface area contributed by atoms with E-state index in [2.05, 4.69) is 4.98 Å². The summed E-state index contributed by atoms with van der Waals surface area (Å²) in [6.07, 6.45) is 0.595. The Morgan fingerprint density at radius 2 is 1.71 bits per heavy atom. The minimum absolute atomic E-state index is 0.0190. The van der Waals surface area contributed by atoms with Gasteiger partial charge in [-0.3, -0.25) is 14.6 Å². The van der Waals surface area contributed by atoms with Crippen molar-refractivity contribution in [3.8, 4) is 0 Å². The molecule has 0 saturated heterocycles. The summed E-state index contributed by atoms with van der Waals surface area (Å²) in [6, 6.07) is 3.22. The number of alkyl halides is 2. The van der Waals surface area contributed by atoms with Crippen LogP contribution in [0.25, 0.3) is 0 Å². The maximum absolute atomic E-state index is 14.4. The molecule has 2 aromatic rings. The lowest BCUT2D eigenvalue weighted by molar-refractivity contribution is 0.0966. The Kier molecular flexibility index (Phi) is 5.24. The molecule has 8 heteroatoms. The highest BCUT2D eigenvalue weighted by molar-refractivity contribution is 7.17. The number of carbonyl (C=O) groups excluding carboxylic acids is 2. The zero-order valence-electron chi connectivity index (χ0n) is 15.1. The van der Waals surface area contributed by atoms with Gasteiger partial charge in [0.1, 0.15) is 11.6 Å². The second kappa shape index (κ2) is 7.21. The Labute approximate surface area is 161 Å². The zero-order chi connectivity index (χ0) is 20.8. The predicted octanol–water partition coefficient (Wildman–Crippen LogP) is 4.92. The minimum Gasteiger partial charge on any atom is -0.289 e. The number of fused-ring (bicyclic) bond motifs is 1. The fourth-order valence-electron chi connectivity index (χ4n) is 3.25. The molecule has 0 aliphatic heterocycles. The highest BCUT2D eigenvalue weighted by atomic mass is 31.0. The van der Waals surface area contributed by atoms with Gasteiger partial charge in [0.2, 0.25) is 0 Å². The highest BCUT2D eigenvalue weighted by Gasteiger charge is 2.34. The number of carbonyl (C=O) groups is 2. The van der Waals surface area contributed by atoms with Crippen LogP contribution in [0.5, 0.6) is 0 Å². The molecule has 0 spiro atoms. The highest BCUT2D eigenvalue weighted by Crippen LogP contribution is 2.36. The fourth-order valence-corrected chi connectivity index (χ4v) is 3.40. The zero-order valence-corrected chi connectivity index (χ0v) is 16.2. The van der Waals surface area contributed by atoms with E-state index in [1.54, 1.807) is 13.8 Å². The van der Waals surface area contributed by atoms with Crippen molar-refractivity contribution in [2.45, 2.75) is 32.4 Å². The van der Waals surface area contributed by atoms with E-state index in [-0.39, 0.29) is 34.4 Å². The number of benzene rings is 1. The number of allylic oxidation sites excluding steroid dienone is 2. The summed E-state index contributed by atoms with van der Waals surface area (Å²) in [5.41, 5.74) is -4.05. The van der Waals surface area contributed by atoms with Crippen LogP contribution >= 0.6 is 9.24 Å². The van der Waals surface area contributed by atoms with Crippen LogP contribution in [-0.4, -0.2) is 16.6 Å². The summed E-state index contributed by atoms with van der Waals surface area (Å²) in [6.45, 7) is 3.26. The van der Waals surface area contributed by atoms with E-state index in [1.807, 2.05) is 0 Å². The Balaban J connectivity index is 2.09. The van der Waals surface area contributed by atoms with Crippen LogP contribution in [0.3, 0.4) is 0 Å². The number of nitrogens with zero attached hydrogens (tertiary/aromatic N) is 1. The van der Waals surface area contributed by atoms with Crippen molar-refractivity contribution in [1.29, 1.82) is 0 Å². The fraction of sp³-hybridized carbons (Fsp3) is 0.250. The van der Waals surface area contributed by atoms with Gasteiger partial charge in [-0.15, -0.1) is 0 Å². The van der Waals surface area contributed by atoms with Crippen LogP contribution in [0.4, 0.5) is 17.6 Å². The standard InChI is InChI=1S/C20H16F4NO2P/c1-3-11-12(7-16-14(21)6-10(8-25-16)20(23,24)28)19(27)17-13(18(11)26)4-9(2)5-15(17)22/h4-6,8H,3,7,28H2,1-2H3. The molecule has 146 valence electrons. The van der Waals surface area contributed by atoms with Crippen molar-refractivity contribution >= 4 is 20.8 Å². The molecule has 0 amide bonds. The first-order chi connectivity index (χ1) is 13.0. The number of rotatable bonds is 4. The lowest BCUT2D eigenvalue weighted by Gasteiger charge is -2.21. The third kappa shape index (κ3) is 3.51. The van der Waals surface area contributed by atoms with E-state index >= 15 is 0 Å². The van der Waals surface area contributed by atoms with Crippen molar-refractivity contribution in [2.24, 2.45) is 0 Å². The molecule has 1 atom stereocenters. The summed E-state index contributed by atoms with van der Waals surface area (Å²) < 4.78 is 55.3. The van der Waals surface area contributed by atoms with Crippen molar-refractivity contribution in [1.82, 2.24) is 4.98 Å². The van der Waals surface area contributed by atoms with Crippen LogP contribution in [-0.2, 0) is 12.1 Å². The molecule has 3 nitrogen and oxygen atoms in total. The Morgan fingerprint density at radius 3 is 2.29 bits per heavy atom. The van der Waals surface area contributed by atoms with Crippen molar-refractivity contribution < 1.29 is 27.2 Å². The SMILES string of the molecule is CCC1=C(Cc2ncc(C(F)(F)P)cc2F)C(=O)c2c(F)cc(C)cc2C1=O. The van der Waals surface area contributed by atoms with E-state index in [0.717, 1.165) is 12.3 Å². The first-order valence-corrected chi connectivity index (χ1v) is 9.05. The summed E-state index contributed by atoms with van der Waals surface area (Å²) in [7, 11) is 1.29.